The second-order valence-corrected chi connectivity index (χ2v) is 7.45. The third kappa shape index (κ3) is 4.59. The van der Waals surface area contributed by atoms with Crippen LogP contribution < -0.4 is 20.9 Å². The molecule has 3 N–H and O–H groups in total. The fourth-order valence-corrected chi connectivity index (χ4v) is 3.72. The van der Waals surface area contributed by atoms with Crippen molar-refractivity contribution in [2.24, 2.45) is 0 Å². The van der Waals surface area contributed by atoms with Gasteiger partial charge in [0, 0.05) is 38.4 Å². The summed E-state index contributed by atoms with van der Waals surface area (Å²) in [6, 6.07) is 7.90. The lowest BCUT2D eigenvalue weighted by Crippen LogP contribution is -2.34. The lowest BCUT2D eigenvalue weighted by molar-refractivity contribution is 0.556. The van der Waals surface area contributed by atoms with Crippen LogP contribution in [0.1, 0.15) is 44.1 Å². The maximum Gasteiger partial charge on any atom is 0.231 e. The summed E-state index contributed by atoms with van der Waals surface area (Å²) < 4.78 is 0. The van der Waals surface area contributed by atoms with Gasteiger partial charge in [-0.25, -0.2) is 0 Å². The number of benzene rings is 1. The molecule has 7 heteroatoms. The maximum atomic E-state index is 5.77. The molecule has 0 spiro atoms. The van der Waals surface area contributed by atoms with E-state index in [1.54, 1.807) is 0 Å². The molecule has 1 aromatic heterocycles. The van der Waals surface area contributed by atoms with Crippen LogP contribution in [0.3, 0.4) is 0 Å². The minimum absolute atomic E-state index is 0.656. The van der Waals surface area contributed by atoms with Crippen molar-refractivity contribution in [2.45, 2.75) is 45.1 Å². The van der Waals surface area contributed by atoms with E-state index in [1.807, 2.05) is 24.3 Å². The topological polar surface area (TPSA) is 83.2 Å². The molecule has 2 saturated heterocycles. The van der Waals surface area contributed by atoms with E-state index in [-0.39, 0.29) is 0 Å². The number of rotatable bonds is 5. The highest BCUT2D eigenvalue weighted by molar-refractivity contribution is 5.46. The van der Waals surface area contributed by atoms with Gasteiger partial charge in [0.1, 0.15) is 0 Å². The van der Waals surface area contributed by atoms with E-state index in [0.717, 1.165) is 49.3 Å². The number of nitrogens with two attached hydrogens (primary N) is 1. The van der Waals surface area contributed by atoms with E-state index < -0.39 is 0 Å². The average molecular weight is 368 g/mol. The molecule has 0 bridgehead atoms. The molecule has 3 heterocycles. The molecular weight excluding hydrogens is 338 g/mol. The standard InChI is InChI=1S/C20H29N7/c21-17-9-7-16(8-10-17)15-22-18-23-19(26-11-3-1-4-12-26)25-20(24-18)27-13-5-2-6-14-27/h7-10H,1-6,11-15,21H2,(H,22,23,24,25). The smallest absolute Gasteiger partial charge is 0.231 e. The number of hydrogen-bond acceptors (Lipinski definition) is 7. The van der Waals surface area contributed by atoms with Gasteiger partial charge in [-0.3, -0.25) is 0 Å². The summed E-state index contributed by atoms with van der Waals surface area (Å²) in [6.07, 6.45) is 7.42. The first-order chi connectivity index (χ1) is 13.3. The largest absolute Gasteiger partial charge is 0.399 e. The number of hydrogen-bond donors (Lipinski definition) is 2. The maximum absolute atomic E-state index is 5.77. The lowest BCUT2D eigenvalue weighted by Gasteiger charge is -2.30. The fourth-order valence-electron chi connectivity index (χ4n) is 3.72. The highest BCUT2D eigenvalue weighted by Crippen LogP contribution is 2.22. The van der Waals surface area contributed by atoms with Gasteiger partial charge in [-0.1, -0.05) is 12.1 Å². The summed E-state index contributed by atoms with van der Waals surface area (Å²) in [4.78, 5) is 18.9. The Bertz CT molecular complexity index is 698. The Morgan fingerprint density at radius 1 is 0.741 bits per heavy atom. The van der Waals surface area contributed by atoms with Gasteiger partial charge in [0.2, 0.25) is 17.8 Å². The van der Waals surface area contributed by atoms with Crippen molar-refractivity contribution in [2.75, 3.05) is 47.0 Å². The van der Waals surface area contributed by atoms with Crippen molar-refractivity contribution in [1.82, 2.24) is 15.0 Å². The number of nitrogens with one attached hydrogen (secondary N) is 1. The van der Waals surface area contributed by atoms with Crippen molar-refractivity contribution in [3.63, 3.8) is 0 Å². The van der Waals surface area contributed by atoms with E-state index in [9.17, 15) is 0 Å². The summed E-state index contributed by atoms with van der Waals surface area (Å²) >= 11 is 0. The zero-order valence-corrected chi connectivity index (χ0v) is 15.9. The minimum Gasteiger partial charge on any atom is -0.399 e. The second-order valence-electron chi connectivity index (χ2n) is 7.45. The molecule has 0 amide bonds. The normalized spacial score (nSPS) is 17.8. The van der Waals surface area contributed by atoms with Crippen LogP contribution in [0.5, 0.6) is 0 Å². The van der Waals surface area contributed by atoms with Crippen molar-refractivity contribution in [3.05, 3.63) is 29.8 Å². The van der Waals surface area contributed by atoms with E-state index in [1.165, 1.54) is 38.5 Å². The summed E-state index contributed by atoms with van der Waals surface area (Å²) in [6.45, 7) is 4.78. The molecule has 4 rings (SSSR count). The van der Waals surface area contributed by atoms with E-state index in [2.05, 4.69) is 15.1 Å². The summed E-state index contributed by atoms with van der Waals surface area (Å²) in [5.41, 5.74) is 7.71. The zero-order chi connectivity index (χ0) is 18.5. The Morgan fingerprint density at radius 2 is 1.26 bits per heavy atom. The molecule has 2 aliphatic heterocycles. The highest BCUT2D eigenvalue weighted by atomic mass is 15.4. The number of aromatic nitrogens is 3. The predicted molar refractivity (Wildman–Crippen MR) is 110 cm³/mol. The van der Waals surface area contributed by atoms with Crippen molar-refractivity contribution < 1.29 is 0 Å². The molecule has 0 unspecified atom stereocenters. The summed E-state index contributed by atoms with van der Waals surface area (Å²) in [5.74, 6) is 2.28. The van der Waals surface area contributed by atoms with Crippen LogP contribution in [-0.4, -0.2) is 41.1 Å². The predicted octanol–water partition coefficient (Wildman–Crippen LogP) is 3.05. The van der Waals surface area contributed by atoms with Crippen LogP contribution in [-0.2, 0) is 6.54 Å². The van der Waals surface area contributed by atoms with Crippen molar-refractivity contribution in [1.29, 1.82) is 0 Å². The van der Waals surface area contributed by atoms with Crippen LogP contribution in [0.2, 0.25) is 0 Å². The van der Waals surface area contributed by atoms with Crippen molar-refractivity contribution >= 4 is 23.5 Å². The molecule has 0 aliphatic carbocycles. The van der Waals surface area contributed by atoms with Crippen molar-refractivity contribution in [3.8, 4) is 0 Å². The van der Waals surface area contributed by atoms with E-state index >= 15 is 0 Å². The highest BCUT2D eigenvalue weighted by Gasteiger charge is 2.20. The Labute approximate surface area is 161 Å². The van der Waals surface area contributed by atoms with Gasteiger partial charge < -0.3 is 20.9 Å². The first kappa shape index (κ1) is 17.8. The molecule has 7 nitrogen and oxygen atoms in total. The summed E-state index contributed by atoms with van der Waals surface area (Å²) in [7, 11) is 0. The van der Waals surface area contributed by atoms with Gasteiger partial charge in [-0.05, 0) is 56.2 Å². The Balaban J connectivity index is 1.55. The third-order valence-corrected chi connectivity index (χ3v) is 5.32. The Hall–Kier alpha value is -2.57. The first-order valence-corrected chi connectivity index (χ1v) is 10.1. The summed E-state index contributed by atoms with van der Waals surface area (Å²) in [5, 5.41) is 3.38. The average Bonchev–Trinajstić information content (AvgIpc) is 2.74. The first-order valence-electron chi connectivity index (χ1n) is 10.1. The minimum atomic E-state index is 0.656. The monoisotopic (exact) mass is 367 g/mol. The Morgan fingerprint density at radius 3 is 1.78 bits per heavy atom. The SMILES string of the molecule is Nc1ccc(CNc2nc(N3CCCCC3)nc(N3CCCCC3)n2)cc1. The van der Waals surface area contributed by atoms with E-state index in [0.29, 0.717) is 12.5 Å². The molecule has 0 saturated carbocycles. The van der Waals surface area contributed by atoms with Crippen LogP contribution in [0.4, 0.5) is 23.5 Å². The van der Waals surface area contributed by atoms with Gasteiger partial charge in [0.05, 0.1) is 0 Å². The van der Waals surface area contributed by atoms with Gasteiger partial charge in [0.15, 0.2) is 0 Å². The quantitative estimate of drug-likeness (QED) is 0.786. The molecule has 1 aromatic carbocycles. The lowest BCUT2D eigenvalue weighted by atomic mass is 10.1. The van der Waals surface area contributed by atoms with Gasteiger partial charge in [-0.15, -0.1) is 0 Å². The van der Waals surface area contributed by atoms with Gasteiger partial charge >= 0.3 is 0 Å². The van der Waals surface area contributed by atoms with Gasteiger partial charge in [-0.2, -0.15) is 15.0 Å². The number of piperidine rings is 2. The molecular formula is C20H29N7. The van der Waals surface area contributed by atoms with Gasteiger partial charge in [0.25, 0.3) is 0 Å². The van der Waals surface area contributed by atoms with Crippen LogP contribution in [0.15, 0.2) is 24.3 Å². The van der Waals surface area contributed by atoms with Crippen LogP contribution in [0.25, 0.3) is 0 Å². The number of nitrogens with zero attached hydrogens (tertiary/aromatic N) is 5. The van der Waals surface area contributed by atoms with Crippen LogP contribution in [0, 0.1) is 0 Å². The molecule has 2 aliphatic rings. The Kier molecular flexibility index (Phi) is 5.55. The molecule has 0 radical (unpaired) electrons. The zero-order valence-electron chi connectivity index (χ0n) is 15.9. The molecule has 27 heavy (non-hydrogen) atoms. The van der Waals surface area contributed by atoms with E-state index in [4.69, 9.17) is 20.7 Å². The van der Waals surface area contributed by atoms with Crippen LogP contribution >= 0.6 is 0 Å². The molecule has 144 valence electrons. The third-order valence-electron chi connectivity index (χ3n) is 5.32. The number of nitrogen functional groups attached to an aromatic ring is 1. The molecule has 2 fully saturated rings. The fraction of sp³-hybridized carbons (Fsp3) is 0.550. The molecule has 2 aromatic rings. The molecule has 0 atom stereocenters. The number of anilines is 4. The second kappa shape index (κ2) is 8.41.